The van der Waals surface area contributed by atoms with Gasteiger partial charge in [0, 0.05) is 16.3 Å². The molecule has 0 saturated carbocycles. The molecule has 2 aromatic heterocycles. The fourth-order valence-electron chi connectivity index (χ4n) is 2.27. The molecule has 2 aromatic carbocycles. The van der Waals surface area contributed by atoms with Gasteiger partial charge in [0.15, 0.2) is 0 Å². The van der Waals surface area contributed by atoms with Crippen molar-refractivity contribution in [1.82, 2.24) is 9.36 Å². The van der Waals surface area contributed by atoms with Gasteiger partial charge in [0.1, 0.15) is 6.20 Å². The van der Waals surface area contributed by atoms with Crippen molar-refractivity contribution < 1.29 is 0 Å². The highest BCUT2D eigenvalue weighted by molar-refractivity contribution is 7.13. The lowest BCUT2D eigenvalue weighted by atomic mass is 10.1. The first kappa shape index (κ1) is 10.6. The number of aromatic nitrogens is 2. The van der Waals surface area contributed by atoms with Gasteiger partial charge in [-0.25, -0.2) is 4.98 Å². The van der Waals surface area contributed by atoms with E-state index < -0.39 is 0 Å². The lowest BCUT2D eigenvalue weighted by Crippen LogP contribution is -1.85. The largest absolute Gasteiger partial charge is 0.248 e. The summed E-state index contributed by atoms with van der Waals surface area (Å²) in [6, 6.07) is 18.5. The van der Waals surface area contributed by atoms with Gasteiger partial charge in [-0.05, 0) is 29.7 Å². The Kier molecular flexibility index (Phi) is 2.32. The Morgan fingerprint density at radius 2 is 1.84 bits per heavy atom. The van der Waals surface area contributed by atoms with Crippen molar-refractivity contribution in [3.8, 4) is 11.3 Å². The van der Waals surface area contributed by atoms with Crippen molar-refractivity contribution in [2.75, 3.05) is 0 Å². The molecule has 0 aliphatic heterocycles. The average Bonchev–Trinajstić information content (AvgIpc) is 2.95. The number of rotatable bonds is 1. The first-order chi connectivity index (χ1) is 9.42. The molecular weight excluding hydrogens is 252 g/mol. The van der Waals surface area contributed by atoms with E-state index in [2.05, 4.69) is 40.9 Å². The zero-order valence-corrected chi connectivity index (χ0v) is 10.8. The third-order valence-electron chi connectivity index (χ3n) is 3.20. The number of para-hydroxylation sites is 1. The lowest BCUT2D eigenvalue weighted by Gasteiger charge is -2.04. The van der Waals surface area contributed by atoms with Gasteiger partial charge in [0.25, 0.3) is 0 Å². The third kappa shape index (κ3) is 1.71. The monoisotopic (exact) mass is 261 g/mol. The maximum absolute atomic E-state index is 4.73. The van der Waals surface area contributed by atoms with E-state index in [0.29, 0.717) is 0 Å². The highest BCUT2D eigenvalue weighted by Crippen LogP contribution is 2.29. The molecule has 0 fully saturated rings. The molecular formula is C16H9N2S. The average molecular weight is 261 g/mol. The maximum atomic E-state index is 4.73. The summed E-state index contributed by atoms with van der Waals surface area (Å²) >= 11 is 1.47. The molecule has 0 saturated heterocycles. The molecule has 2 heterocycles. The Balaban J connectivity index is 2.01. The van der Waals surface area contributed by atoms with E-state index in [-0.39, 0.29) is 0 Å². The third-order valence-corrected chi connectivity index (χ3v) is 3.92. The van der Waals surface area contributed by atoms with Gasteiger partial charge in [-0.3, -0.25) is 0 Å². The van der Waals surface area contributed by atoms with Crippen LogP contribution in [-0.4, -0.2) is 9.36 Å². The molecule has 4 rings (SSSR count). The van der Waals surface area contributed by atoms with E-state index >= 15 is 0 Å². The van der Waals surface area contributed by atoms with Crippen LogP contribution in [0.2, 0.25) is 0 Å². The van der Waals surface area contributed by atoms with Crippen LogP contribution in [0.5, 0.6) is 0 Å². The Labute approximate surface area is 114 Å². The van der Waals surface area contributed by atoms with Gasteiger partial charge < -0.3 is 0 Å². The van der Waals surface area contributed by atoms with Gasteiger partial charge in [-0.2, -0.15) is 4.37 Å². The standard InChI is InChI=1S/C16H9N2S/c1-2-6-14-11(4-1)8-9-15(18-14)12-5-3-7-16-13(12)10-17-19-16/h1-9H. The minimum atomic E-state index is 0.973. The van der Waals surface area contributed by atoms with Crippen molar-refractivity contribution in [2.45, 2.75) is 0 Å². The second kappa shape index (κ2) is 4.14. The quantitative estimate of drug-likeness (QED) is 0.510. The van der Waals surface area contributed by atoms with Crippen molar-refractivity contribution >= 4 is 32.5 Å². The molecule has 0 bridgehead atoms. The molecule has 0 amide bonds. The topological polar surface area (TPSA) is 25.8 Å². The smallest absolute Gasteiger partial charge is 0.113 e. The van der Waals surface area contributed by atoms with Gasteiger partial charge in [0.05, 0.1) is 15.9 Å². The SMILES string of the molecule is [c]1nsc2cccc(-c3ccc4ccccc4n3)c12. The Morgan fingerprint density at radius 3 is 2.84 bits per heavy atom. The Morgan fingerprint density at radius 1 is 0.895 bits per heavy atom. The predicted octanol–water partition coefficient (Wildman–Crippen LogP) is 4.31. The van der Waals surface area contributed by atoms with Gasteiger partial charge >= 0.3 is 0 Å². The molecule has 89 valence electrons. The van der Waals surface area contributed by atoms with Crippen LogP contribution < -0.4 is 0 Å². The van der Waals surface area contributed by atoms with E-state index in [1.54, 1.807) is 0 Å². The second-order valence-electron chi connectivity index (χ2n) is 4.36. The highest BCUT2D eigenvalue weighted by atomic mass is 32.1. The van der Waals surface area contributed by atoms with E-state index in [1.165, 1.54) is 11.5 Å². The van der Waals surface area contributed by atoms with Crippen LogP contribution in [0.3, 0.4) is 0 Å². The molecule has 1 radical (unpaired) electrons. The molecule has 2 nitrogen and oxygen atoms in total. The number of pyridine rings is 1. The molecule has 0 atom stereocenters. The fraction of sp³-hybridized carbons (Fsp3) is 0. The molecule has 4 aromatic rings. The maximum Gasteiger partial charge on any atom is 0.113 e. The number of hydrogen-bond donors (Lipinski definition) is 0. The number of benzene rings is 2. The van der Waals surface area contributed by atoms with Gasteiger partial charge in [-0.1, -0.05) is 36.4 Å². The molecule has 0 aliphatic rings. The zero-order chi connectivity index (χ0) is 12.7. The summed E-state index contributed by atoms with van der Waals surface area (Å²) < 4.78 is 5.28. The second-order valence-corrected chi connectivity index (χ2v) is 5.17. The minimum Gasteiger partial charge on any atom is -0.248 e. The zero-order valence-electron chi connectivity index (χ0n) is 10.00. The van der Waals surface area contributed by atoms with Crippen molar-refractivity contribution in [3.05, 3.63) is 60.8 Å². The summed E-state index contributed by atoms with van der Waals surface area (Å²) in [5.41, 5.74) is 3.08. The van der Waals surface area contributed by atoms with Crippen LogP contribution in [0.4, 0.5) is 0 Å². The normalized spacial score (nSPS) is 11.2. The van der Waals surface area contributed by atoms with Crippen LogP contribution in [0.15, 0.2) is 54.6 Å². The molecule has 0 N–H and O–H groups in total. The van der Waals surface area contributed by atoms with E-state index in [9.17, 15) is 0 Å². The van der Waals surface area contributed by atoms with Gasteiger partial charge in [0.2, 0.25) is 0 Å². The fourth-order valence-corrected chi connectivity index (χ4v) is 2.89. The molecule has 0 spiro atoms. The predicted molar refractivity (Wildman–Crippen MR) is 79.2 cm³/mol. The highest BCUT2D eigenvalue weighted by Gasteiger charge is 2.07. The number of fused-ring (bicyclic) bond motifs is 2. The van der Waals surface area contributed by atoms with Crippen LogP contribution in [0, 0.1) is 6.20 Å². The first-order valence-electron chi connectivity index (χ1n) is 6.04. The minimum absolute atomic E-state index is 0.973. The summed E-state index contributed by atoms with van der Waals surface area (Å²) in [5, 5.41) is 2.21. The van der Waals surface area contributed by atoms with E-state index in [4.69, 9.17) is 4.98 Å². The van der Waals surface area contributed by atoms with E-state index in [1.807, 2.05) is 24.3 Å². The molecule has 3 heteroatoms. The number of nitrogens with zero attached hydrogens (tertiary/aromatic N) is 2. The Hall–Kier alpha value is -2.26. The van der Waals surface area contributed by atoms with Crippen molar-refractivity contribution in [3.63, 3.8) is 0 Å². The lowest BCUT2D eigenvalue weighted by molar-refractivity contribution is 1.41. The molecule has 0 aliphatic carbocycles. The van der Waals surface area contributed by atoms with Crippen molar-refractivity contribution in [1.29, 1.82) is 0 Å². The first-order valence-corrected chi connectivity index (χ1v) is 6.81. The van der Waals surface area contributed by atoms with Crippen LogP contribution in [-0.2, 0) is 0 Å². The summed E-state index contributed by atoms with van der Waals surface area (Å²) in [5.74, 6) is 0. The van der Waals surface area contributed by atoms with Crippen LogP contribution in [0.1, 0.15) is 0 Å². The van der Waals surface area contributed by atoms with E-state index in [0.717, 1.165) is 32.2 Å². The summed E-state index contributed by atoms with van der Waals surface area (Å²) in [6.45, 7) is 0. The van der Waals surface area contributed by atoms with Crippen LogP contribution >= 0.6 is 11.5 Å². The van der Waals surface area contributed by atoms with Crippen LogP contribution in [0.25, 0.3) is 32.2 Å². The van der Waals surface area contributed by atoms with Crippen molar-refractivity contribution in [2.24, 2.45) is 0 Å². The summed E-state index contributed by atoms with van der Waals surface area (Å²) in [7, 11) is 0. The molecule has 19 heavy (non-hydrogen) atoms. The van der Waals surface area contributed by atoms with Gasteiger partial charge in [-0.15, -0.1) is 0 Å². The molecule has 0 unspecified atom stereocenters. The summed E-state index contributed by atoms with van der Waals surface area (Å²) in [6.07, 6.45) is 3.06. The Bertz CT molecular complexity index is 880. The summed E-state index contributed by atoms with van der Waals surface area (Å²) in [4.78, 5) is 4.73. The number of hydrogen-bond acceptors (Lipinski definition) is 3.